The van der Waals surface area contributed by atoms with E-state index in [1.807, 2.05) is 0 Å². The zero-order chi connectivity index (χ0) is 14.6. The molecule has 20 heavy (non-hydrogen) atoms. The molecule has 1 heterocycles. The Morgan fingerprint density at radius 3 is 2.65 bits per heavy atom. The molecular formula is C14H17BrN2O3. The fraction of sp³-hybridized carbons (Fsp3) is 0.500. The highest BCUT2D eigenvalue weighted by atomic mass is 79.9. The van der Waals surface area contributed by atoms with Crippen molar-refractivity contribution in [2.45, 2.75) is 38.5 Å². The summed E-state index contributed by atoms with van der Waals surface area (Å²) < 4.78 is 0.543. The van der Waals surface area contributed by atoms with Crippen molar-refractivity contribution in [1.82, 2.24) is 4.98 Å². The van der Waals surface area contributed by atoms with E-state index in [-0.39, 0.29) is 12.3 Å². The van der Waals surface area contributed by atoms with E-state index in [1.165, 1.54) is 0 Å². The van der Waals surface area contributed by atoms with Gasteiger partial charge in [-0.05, 0) is 40.9 Å². The maximum Gasteiger partial charge on any atom is 0.310 e. The van der Waals surface area contributed by atoms with Gasteiger partial charge < -0.3 is 10.4 Å². The SMILES string of the molecule is O=C(CC1(C(=O)O)CCCCC1)Nc1cccnc1Br. The van der Waals surface area contributed by atoms with Crippen LogP contribution in [-0.4, -0.2) is 22.0 Å². The molecule has 0 spiro atoms. The molecule has 5 nitrogen and oxygen atoms in total. The van der Waals surface area contributed by atoms with Crippen molar-refractivity contribution in [2.75, 3.05) is 5.32 Å². The van der Waals surface area contributed by atoms with Crippen LogP contribution < -0.4 is 5.32 Å². The number of aliphatic carboxylic acids is 1. The topological polar surface area (TPSA) is 79.3 Å². The van der Waals surface area contributed by atoms with Crippen LogP contribution in [0.25, 0.3) is 0 Å². The minimum atomic E-state index is -0.906. The van der Waals surface area contributed by atoms with E-state index in [4.69, 9.17) is 0 Å². The van der Waals surface area contributed by atoms with Crippen LogP contribution in [0.3, 0.4) is 0 Å². The maximum absolute atomic E-state index is 12.1. The molecule has 1 aliphatic rings. The number of nitrogens with zero attached hydrogens (tertiary/aromatic N) is 1. The molecule has 0 aromatic carbocycles. The van der Waals surface area contributed by atoms with Crippen LogP contribution in [0.4, 0.5) is 5.69 Å². The third kappa shape index (κ3) is 3.36. The summed E-state index contributed by atoms with van der Waals surface area (Å²) in [5, 5.41) is 12.2. The molecule has 0 aliphatic heterocycles. The van der Waals surface area contributed by atoms with Gasteiger partial charge in [-0.3, -0.25) is 9.59 Å². The summed E-state index contributed by atoms with van der Waals surface area (Å²) in [7, 11) is 0. The third-order valence-corrected chi connectivity index (χ3v) is 4.43. The highest BCUT2D eigenvalue weighted by molar-refractivity contribution is 9.10. The first-order valence-corrected chi connectivity index (χ1v) is 7.47. The molecule has 1 aromatic heterocycles. The molecular weight excluding hydrogens is 324 g/mol. The second-order valence-corrected chi connectivity index (χ2v) is 5.96. The minimum absolute atomic E-state index is 0.0175. The van der Waals surface area contributed by atoms with E-state index in [2.05, 4.69) is 26.2 Å². The molecule has 0 bridgehead atoms. The van der Waals surface area contributed by atoms with Gasteiger partial charge in [0, 0.05) is 12.6 Å². The van der Waals surface area contributed by atoms with Crippen molar-refractivity contribution in [3.63, 3.8) is 0 Å². The molecule has 0 radical (unpaired) electrons. The monoisotopic (exact) mass is 340 g/mol. The lowest BCUT2D eigenvalue weighted by Crippen LogP contribution is -2.37. The van der Waals surface area contributed by atoms with Gasteiger partial charge in [0.25, 0.3) is 0 Å². The summed E-state index contributed by atoms with van der Waals surface area (Å²) in [6, 6.07) is 3.44. The molecule has 0 unspecified atom stereocenters. The van der Waals surface area contributed by atoms with Crippen molar-refractivity contribution < 1.29 is 14.7 Å². The highest BCUT2D eigenvalue weighted by Crippen LogP contribution is 2.40. The molecule has 1 amide bonds. The van der Waals surface area contributed by atoms with Gasteiger partial charge in [0.2, 0.25) is 5.91 Å². The summed E-state index contributed by atoms with van der Waals surface area (Å²) >= 11 is 3.25. The smallest absolute Gasteiger partial charge is 0.310 e. The van der Waals surface area contributed by atoms with Crippen LogP contribution in [0.1, 0.15) is 38.5 Å². The normalized spacial score (nSPS) is 17.4. The third-order valence-electron chi connectivity index (χ3n) is 3.80. The number of carboxylic acid groups (broad SMARTS) is 1. The van der Waals surface area contributed by atoms with Gasteiger partial charge in [0.05, 0.1) is 11.1 Å². The largest absolute Gasteiger partial charge is 0.481 e. The lowest BCUT2D eigenvalue weighted by molar-refractivity contribution is -0.153. The van der Waals surface area contributed by atoms with E-state index < -0.39 is 11.4 Å². The summed E-state index contributed by atoms with van der Waals surface area (Å²) in [5.41, 5.74) is -0.342. The Hall–Kier alpha value is -1.43. The fourth-order valence-electron chi connectivity index (χ4n) is 2.68. The Labute approximate surface area is 125 Å². The van der Waals surface area contributed by atoms with Gasteiger partial charge in [0.1, 0.15) is 4.60 Å². The lowest BCUT2D eigenvalue weighted by Gasteiger charge is -2.32. The number of anilines is 1. The summed E-state index contributed by atoms with van der Waals surface area (Å²) in [6.07, 6.45) is 5.56. The molecule has 1 aliphatic carbocycles. The van der Waals surface area contributed by atoms with Gasteiger partial charge in [-0.15, -0.1) is 0 Å². The molecule has 0 saturated heterocycles. The Kier molecular flexibility index (Phi) is 4.75. The van der Waals surface area contributed by atoms with Crippen LogP contribution in [0.15, 0.2) is 22.9 Å². The van der Waals surface area contributed by atoms with Crippen LogP contribution in [0, 0.1) is 5.41 Å². The van der Waals surface area contributed by atoms with Crippen molar-refractivity contribution >= 4 is 33.5 Å². The molecule has 108 valence electrons. The molecule has 2 rings (SSSR count). The van der Waals surface area contributed by atoms with Gasteiger partial charge in [-0.25, -0.2) is 4.98 Å². The van der Waals surface area contributed by atoms with E-state index in [1.54, 1.807) is 18.3 Å². The maximum atomic E-state index is 12.1. The highest BCUT2D eigenvalue weighted by Gasteiger charge is 2.41. The van der Waals surface area contributed by atoms with Crippen molar-refractivity contribution in [2.24, 2.45) is 5.41 Å². The summed E-state index contributed by atoms with van der Waals surface area (Å²) in [4.78, 5) is 27.7. The molecule has 0 atom stereocenters. The van der Waals surface area contributed by atoms with Crippen LogP contribution in [0.2, 0.25) is 0 Å². The summed E-state index contributed by atoms with van der Waals surface area (Å²) in [6.45, 7) is 0. The Balaban J connectivity index is 2.06. The molecule has 1 saturated carbocycles. The molecule has 1 aromatic rings. The first kappa shape index (κ1) is 15.0. The van der Waals surface area contributed by atoms with E-state index in [0.717, 1.165) is 19.3 Å². The number of carbonyl (C=O) groups excluding carboxylic acids is 1. The van der Waals surface area contributed by atoms with Gasteiger partial charge >= 0.3 is 5.97 Å². The van der Waals surface area contributed by atoms with Gasteiger partial charge in [-0.1, -0.05) is 19.3 Å². The van der Waals surface area contributed by atoms with Crippen molar-refractivity contribution in [3.8, 4) is 0 Å². The van der Waals surface area contributed by atoms with Crippen LogP contribution >= 0.6 is 15.9 Å². The predicted molar refractivity (Wildman–Crippen MR) is 78.3 cm³/mol. The van der Waals surface area contributed by atoms with Gasteiger partial charge in [-0.2, -0.15) is 0 Å². The molecule has 2 N–H and O–H groups in total. The quantitative estimate of drug-likeness (QED) is 0.824. The zero-order valence-corrected chi connectivity index (χ0v) is 12.6. The number of carbonyl (C=O) groups is 2. The number of halogens is 1. The summed E-state index contributed by atoms with van der Waals surface area (Å²) in [5.74, 6) is -1.14. The standard InChI is InChI=1S/C14H17BrN2O3/c15-12-10(5-4-8-16-12)17-11(18)9-14(13(19)20)6-2-1-3-7-14/h4-5,8H,1-3,6-7,9H2,(H,17,18)(H,19,20). The number of hydrogen-bond donors (Lipinski definition) is 2. The number of hydrogen-bond acceptors (Lipinski definition) is 3. The van der Waals surface area contributed by atoms with E-state index in [9.17, 15) is 14.7 Å². The van der Waals surface area contributed by atoms with Gasteiger partial charge in [0.15, 0.2) is 0 Å². The Bertz CT molecular complexity index is 513. The number of aromatic nitrogens is 1. The van der Waals surface area contributed by atoms with Crippen molar-refractivity contribution in [1.29, 1.82) is 0 Å². The molecule has 1 fully saturated rings. The van der Waals surface area contributed by atoms with Crippen molar-refractivity contribution in [3.05, 3.63) is 22.9 Å². The average Bonchev–Trinajstić information content (AvgIpc) is 2.42. The first-order valence-electron chi connectivity index (χ1n) is 6.67. The minimum Gasteiger partial charge on any atom is -0.481 e. The lowest BCUT2D eigenvalue weighted by atomic mass is 9.71. The number of nitrogens with one attached hydrogen (secondary N) is 1. The number of rotatable bonds is 4. The number of carboxylic acids is 1. The fourth-order valence-corrected chi connectivity index (χ4v) is 3.03. The second-order valence-electron chi connectivity index (χ2n) is 5.21. The predicted octanol–water partition coefficient (Wildman–Crippen LogP) is 3.21. The average molecular weight is 341 g/mol. The Morgan fingerprint density at radius 1 is 1.35 bits per heavy atom. The van der Waals surface area contributed by atoms with E-state index in [0.29, 0.717) is 23.1 Å². The molecule has 6 heteroatoms. The van der Waals surface area contributed by atoms with Crippen LogP contribution in [-0.2, 0) is 9.59 Å². The number of amides is 1. The second kappa shape index (κ2) is 6.35. The Morgan fingerprint density at radius 2 is 2.05 bits per heavy atom. The first-order chi connectivity index (χ1) is 9.53. The number of pyridine rings is 1. The van der Waals surface area contributed by atoms with Crippen LogP contribution in [0.5, 0.6) is 0 Å². The zero-order valence-electron chi connectivity index (χ0n) is 11.1. The van der Waals surface area contributed by atoms with E-state index >= 15 is 0 Å².